The topological polar surface area (TPSA) is 71.9 Å². The predicted octanol–water partition coefficient (Wildman–Crippen LogP) is 3.05. The summed E-state index contributed by atoms with van der Waals surface area (Å²) in [6.45, 7) is 0. The van der Waals surface area contributed by atoms with Crippen LogP contribution in [0.25, 0.3) is 0 Å². The average molecular weight is 396 g/mol. The number of hydrogen-bond donors (Lipinski definition) is 0. The fourth-order valence-electron chi connectivity index (χ4n) is 2.99. The highest BCUT2D eigenvalue weighted by Gasteiger charge is 2.56. The maximum atomic E-state index is 12.8. The molecule has 6 nitrogen and oxygen atoms in total. The minimum atomic E-state index is -4.62. The van der Waals surface area contributed by atoms with E-state index in [1.807, 2.05) is 0 Å². The quantitative estimate of drug-likeness (QED) is 0.733. The van der Waals surface area contributed by atoms with Crippen LogP contribution in [0.5, 0.6) is 0 Å². The Bertz CT molecular complexity index is 978. The Morgan fingerprint density at radius 2 is 1.81 bits per heavy atom. The van der Waals surface area contributed by atoms with Crippen LogP contribution in [-0.2, 0) is 20.6 Å². The number of carbonyl (C=O) groups is 2. The minimum absolute atomic E-state index is 0.0736. The molecule has 2 amide bonds. The Morgan fingerprint density at radius 1 is 1.11 bits per heavy atom. The van der Waals surface area contributed by atoms with E-state index in [4.69, 9.17) is 16.4 Å². The second kappa shape index (κ2) is 6.05. The molecule has 2 atom stereocenters. The first-order chi connectivity index (χ1) is 12.8. The predicted molar refractivity (Wildman–Crippen MR) is 88.1 cm³/mol. The van der Waals surface area contributed by atoms with Crippen LogP contribution in [0.4, 0.5) is 18.9 Å². The second-order valence-electron chi connectivity index (χ2n) is 5.88. The number of fused-ring (bicyclic) bond motifs is 1. The van der Waals surface area contributed by atoms with Gasteiger partial charge in [0.05, 0.1) is 16.3 Å². The molecule has 1 saturated heterocycles. The summed E-state index contributed by atoms with van der Waals surface area (Å²) in [5, 5.41) is 3.35. The summed E-state index contributed by atoms with van der Waals surface area (Å²) in [6.07, 6.45) is -5.23. The van der Waals surface area contributed by atoms with Gasteiger partial charge in [-0.1, -0.05) is 35.0 Å². The molecule has 1 fully saturated rings. The first-order valence-corrected chi connectivity index (χ1v) is 8.06. The standard InChI is InChI=1S/C17H9ClF3N3O3/c18-10-6-8(17(19,20)21)7-22-12(10)13-11-14(27-23-13)16(26)24(15(11)25)9-4-2-1-3-5-9/h1-7,11,14H/t11-,14-/m1/s1. The molecule has 3 heterocycles. The molecular weight excluding hydrogens is 387 g/mol. The summed E-state index contributed by atoms with van der Waals surface area (Å²) in [5.74, 6) is -2.34. The minimum Gasteiger partial charge on any atom is -0.381 e. The molecular formula is C17H9ClF3N3O3. The van der Waals surface area contributed by atoms with Crippen molar-refractivity contribution in [2.24, 2.45) is 11.1 Å². The van der Waals surface area contributed by atoms with Crippen LogP contribution in [0.3, 0.4) is 0 Å². The summed E-state index contributed by atoms with van der Waals surface area (Å²) in [6, 6.07) is 8.90. The lowest BCUT2D eigenvalue weighted by Gasteiger charge is -2.15. The van der Waals surface area contributed by atoms with Crippen LogP contribution in [0.1, 0.15) is 11.3 Å². The van der Waals surface area contributed by atoms with Crippen LogP contribution >= 0.6 is 11.6 Å². The number of alkyl halides is 3. The van der Waals surface area contributed by atoms with Gasteiger partial charge in [0.15, 0.2) is 0 Å². The third-order valence-electron chi connectivity index (χ3n) is 4.24. The third kappa shape index (κ3) is 2.74. The number of nitrogens with zero attached hydrogens (tertiary/aromatic N) is 3. The van der Waals surface area contributed by atoms with Gasteiger partial charge in [-0.25, -0.2) is 4.90 Å². The molecule has 10 heteroatoms. The van der Waals surface area contributed by atoms with Crippen molar-refractivity contribution in [1.29, 1.82) is 0 Å². The monoisotopic (exact) mass is 395 g/mol. The normalized spacial score (nSPS) is 21.9. The number of carbonyl (C=O) groups excluding carboxylic acids is 2. The molecule has 0 radical (unpaired) electrons. The van der Waals surface area contributed by atoms with E-state index in [0.29, 0.717) is 18.0 Å². The molecule has 27 heavy (non-hydrogen) atoms. The van der Waals surface area contributed by atoms with Crippen LogP contribution in [0, 0.1) is 5.92 Å². The summed E-state index contributed by atoms with van der Waals surface area (Å²) in [5.41, 5.74) is -0.882. The highest BCUT2D eigenvalue weighted by atomic mass is 35.5. The number of oxime groups is 1. The molecule has 1 aromatic heterocycles. The van der Waals surface area contributed by atoms with E-state index in [9.17, 15) is 22.8 Å². The fourth-order valence-corrected chi connectivity index (χ4v) is 3.25. The van der Waals surface area contributed by atoms with Crippen molar-refractivity contribution >= 4 is 34.8 Å². The van der Waals surface area contributed by atoms with Gasteiger partial charge in [0.25, 0.3) is 5.91 Å². The molecule has 0 bridgehead atoms. The molecule has 2 aliphatic rings. The Balaban J connectivity index is 1.70. The second-order valence-corrected chi connectivity index (χ2v) is 6.29. The smallest absolute Gasteiger partial charge is 0.381 e. The van der Waals surface area contributed by atoms with Gasteiger partial charge in [0.2, 0.25) is 12.0 Å². The molecule has 0 saturated carbocycles. The highest BCUT2D eigenvalue weighted by Crippen LogP contribution is 2.37. The van der Waals surface area contributed by atoms with E-state index in [1.54, 1.807) is 30.3 Å². The van der Waals surface area contributed by atoms with Gasteiger partial charge in [0.1, 0.15) is 17.3 Å². The number of imide groups is 1. The molecule has 2 aliphatic heterocycles. The number of benzene rings is 1. The van der Waals surface area contributed by atoms with Crippen LogP contribution in [0.2, 0.25) is 5.02 Å². The van der Waals surface area contributed by atoms with Gasteiger partial charge in [-0.15, -0.1) is 0 Å². The largest absolute Gasteiger partial charge is 0.417 e. The molecule has 2 aromatic rings. The van der Waals surface area contributed by atoms with Gasteiger partial charge >= 0.3 is 6.18 Å². The molecule has 4 rings (SSSR count). The number of para-hydroxylation sites is 1. The Labute approximate surface area is 155 Å². The van der Waals surface area contributed by atoms with Gasteiger partial charge in [-0.05, 0) is 18.2 Å². The SMILES string of the molecule is O=C1[C@@H]2C(c3ncc(C(F)(F)F)cc3Cl)=NO[C@H]2C(=O)N1c1ccccc1. The molecule has 138 valence electrons. The number of pyridine rings is 1. The van der Waals surface area contributed by atoms with Gasteiger partial charge in [-0.3, -0.25) is 14.6 Å². The fraction of sp³-hybridized carbons (Fsp3) is 0.176. The zero-order chi connectivity index (χ0) is 19.3. The molecule has 0 spiro atoms. The summed E-state index contributed by atoms with van der Waals surface area (Å²) in [7, 11) is 0. The number of halogens is 4. The van der Waals surface area contributed by atoms with Crippen molar-refractivity contribution in [3.63, 3.8) is 0 Å². The molecule has 0 N–H and O–H groups in total. The maximum absolute atomic E-state index is 12.8. The van der Waals surface area contributed by atoms with Crippen molar-refractivity contribution < 1.29 is 27.6 Å². The van der Waals surface area contributed by atoms with Crippen molar-refractivity contribution in [1.82, 2.24) is 4.98 Å². The average Bonchev–Trinajstić information content (AvgIpc) is 3.15. The van der Waals surface area contributed by atoms with E-state index in [-0.39, 0.29) is 16.4 Å². The Morgan fingerprint density at radius 3 is 2.44 bits per heavy atom. The van der Waals surface area contributed by atoms with Gasteiger partial charge < -0.3 is 4.84 Å². The number of anilines is 1. The zero-order valence-electron chi connectivity index (χ0n) is 13.3. The maximum Gasteiger partial charge on any atom is 0.417 e. The number of aromatic nitrogens is 1. The van der Waals surface area contributed by atoms with Crippen molar-refractivity contribution in [2.75, 3.05) is 4.90 Å². The van der Waals surface area contributed by atoms with E-state index >= 15 is 0 Å². The summed E-state index contributed by atoms with van der Waals surface area (Å²) in [4.78, 5) is 35.1. The highest BCUT2D eigenvalue weighted by molar-refractivity contribution is 6.37. The molecule has 0 aliphatic carbocycles. The number of rotatable bonds is 2. The van der Waals surface area contributed by atoms with E-state index < -0.39 is 35.6 Å². The lowest BCUT2D eigenvalue weighted by molar-refractivity contribution is -0.137. The number of amides is 2. The molecule has 1 aromatic carbocycles. The van der Waals surface area contributed by atoms with Crippen molar-refractivity contribution in [3.05, 3.63) is 58.9 Å². The zero-order valence-corrected chi connectivity index (χ0v) is 14.0. The van der Waals surface area contributed by atoms with Crippen LogP contribution < -0.4 is 4.90 Å². The summed E-state index contributed by atoms with van der Waals surface area (Å²) < 4.78 is 38.4. The Hall–Kier alpha value is -2.94. The first kappa shape index (κ1) is 17.5. The van der Waals surface area contributed by atoms with Crippen molar-refractivity contribution in [3.8, 4) is 0 Å². The Kier molecular flexibility index (Phi) is 3.92. The molecule has 0 unspecified atom stereocenters. The van der Waals surface area contributed by atoms with E-state index in [2.05, 4.69) is 10.1 Å². The van der Waals surface area contributed by atoms with Crippen molar-refractivity contribution in [2.45, 2.75) is 12.3 Å². The third-order valence-corrected chi connectivity index (χ3v) is 4.53. The van der Waals surface area contributed by atoms with Gasteiger partial charge in [0, 0.05) is 6.20 Å². The number of hydrogen-bond acceptors (Lipinski definition) is 5. The lowest BCUT2D eigenvalue weighted by Crippen LogP contribution is -2.33. The summed E-state index contributed by atoms with van der Waals surface area (Å²) >= 11 is 5.93. The van der Waals surface area contributed by atoms with E-state index in [0.717, 1.165) is 4.90 Å². The van der Waals surface area contributed by atoms with Crippen LogP contribution in [0.15, 0.2) is 47.8 Å². The first-order valence-electron chi connectivity index (χ1n) is 7.68. The van der Waals surface area contributed by atoms with Crippen LogP contribution in [-0.4, -0.2) is 28.6 Å². The van der Waals surface area contributed by atoms with E-state index in [1.165, 1.54) is 0 Å². The van der Waals surface area contributed by atoms with Gasteiger partial charge in [-0.2, -0.15) is 13.2 Å². The lowest BCUT2D eigenvalue weighted by atomic mass is 9.96.